The summed E-state index contributed by atoms with van der Waals surface area (Å²) in [7, 11) is 1.67. The van der Waals surface area contributed by atoms with E-state index in [-0.39, 0.29) is 5.91 Å². The molecule has 0 aliphatic carbocycles. The van der Waals surface area contributed by atoms with Gasteiger partial charge in [0.15, 0.2) is 5.16 Å². The second-order valence-electron chi connectivity index (χ2n) is 7.99. The van der Waals surface area contributed by atoms with Gasteiger partial charge in [0.25, 0.3) is 5.91 Å². The van der Waals surface area contributed by atoms with E-state index in [0.717, 1.165) is 45.2 Å². The number of pyridine rings is 1. The molecule has 7 nitrogen and oxygen atoms in total. The van der Waals surface area contributed by atoms with Gasteiger partial charge >= 0.3 is 0 Å². The summed E-state index contributed by atoms with van der Waals surface area (Å²) in [6.07, 6.45) is 4.43. The Hall–Kier alpha value is -3.36. The van der Waals surface area contributed by atoms with Crippen LogP contribution in [0.1, 0.15) is 34.8 Å². The van der Waals surface area contributed by atoms with Crippen LogP contribution in [0.4, 0.5) is 0 Å². The molecular formula is C27H30N4O3S. The van der Waals surface area contributed by atoms with Crippen LogP contribution in [0.2, 0.25) is 0 Å². The van der Waals surface area contributed by atoms with E-state index < -0.39 is 0 Å². The van der Waals surface area contributed by atoms with E-state index >= 15 is 0 Å². The number of rotatable bonds is 12. The van der Waals surface area contributed by atoms with Crippen LogP contribution in [0.3, 0.4) is 0 Å². The van der Waals surface area contributed by atoms with Crippen molar-refractivity contribution in [2.24, 2.45) is 0 Å². The topological polar surface area (TPSA) is 78.3 Å². The quantitative estimate of drug-likeness (QED) is 0.224. The van der Waals surface area contributed by atoms with Crippen LogP contribution in [0.15, 0.2) is 72.1 Å². The zero-order chi connectivity index (χ0) is 24.5. The van der Waals surface area contributed by atoms with Crippen molar-refractivity contribution in [1.29, 1.82) is 0 Å². The Kier molecular flexibility index (Phi) is 8.75. The number of nitrogens with one attached hydrogen (secondary N) is 1. The molecule has 2 heterocycles. The maximum atomic E-state index is 12.3. The number of nitrogens with zero attached hydrogens (tertiary/aromatic N) is 3. The summed E-state index contributed by atoms with van der Waals surface area (Å²) < 4.78 is 12.9. The number of amides is 1. The third-order valence-corrected chi connectivity index (χ3v) is 6.58. The van der Waals surface area contributed by atoms with Gasteiger partial charge in [0, 0.05) is 37.3 Å². The maximum absolute atomic E-state index is 12.3. The number of benzene rings is 2. The van der Waals surface area contributed by atoms with Crippen LogP contribution in [0, 0.1) is 0 Å². The number of aromatic nitrogens is 3. The van der Waals surface area contributed by atoms with Gasteiger partial charge in [-0.15, -0.1) is 0 Å². The van der Waals surface area contributed by atoms with Gasteiger partial charge in [-0.05, 0) is 54.8 Å². The fraction of sp³-hybridized carbons (Fsp3) is 0.296. The third kappa shape index (κ3) is 6.61. The van der Waals surface area contributed by atoms with Gasteiger partial charge in [0.05, 0.1) is 30.9 Å². The van der Waals surface area contributed by atoms with Crippen molar-refractivity contribution in [3.8, 4) is 5.75 Å². The van der Waals surface area contributed by atoms with Gasteiger partial charge in [0.1, 0.15) is 5.75 Å². The molecule has 0 saturated heterocycles. The monoisotopic (exact) mass is 490 g/mol. The van der Waals surface area contributed by atoms with Crippen LogP contribution in [-0.4, -0.2) is 47.3 Å². The van der Waals surface area contributed by atoms with Gasteiger partial charge in [0.2, 0.25) is 0 Å². The van der Waals surface area contributed by atoms with E-state index in [0.29, 0.717) is 31.9 Å². The number of hydrogen-bond acceptors (Lipinski definition) is 6. The van der Waals surface area contributed by atoms with Gasteiger partial charge in [-0.25, -0.2) is 4.98 Å². The molecule has 4 aromatic rings. The minimum atomic E-state index is -0.0618. The number of thioether (sulfide) groups is 1. The molecule has 0 radical (unpaired) electrons. The number of imidazole rings is 1. The molecule has 35 heavy (non-hydrogen) atoms. The summed E-state index contributed by atoms with van der Waals surface area (Å²) in [5, 5.41) is 3.86. The van der Waals surface area contributed by atoms with Gasteiger partial charge in [-0.1, -0.05) is 36.0 Å². The Morgan fingerprint density at radius 2 is 1.97 bits per heavy atom. The first-order valence-electron chi connectivity index (χ1n) is 11.7. The number of methoxy groups -OCH3 is 1. The third-order valence-electron chi connectivity index (χ3n) is 5.53. The predicted octanol–water partition coefficient (Wildman–Crippen LogP) is 4.94. The standard InChI is InChI=1S/C27H30N4O3S/c1-3-34-15-5-13-29-26(32)22-10-8-20(9-11-22)19-35-27-30-24-12-14-28-17-25(24)31(27)18-21-6-4-7-23(16-21)33-2/h4,6-12,14,16-17H,3,5,13,15,18-19H2,1-2H3,(H,29,32). The van der Waals surface area contributed by atoms with E-state index in [9.17, 15) is 4.79 Å². The molecule has 0 spiro atoms. The summed E-state index contributed by atoms with van der Waals surface area (Å²) in [6.45, 7) is 4.60. The molecule has 182 valence electrons. The summed E-state index contributed by atoms with van der Waals surface area (Å²) in [5.41, 5.74) is 4.83. The zero-order valence-electron chi connectivity index (χ0n) is 20.1. The molecule has 4 rings (SSSR count). The lowest BCUT2D eigenvalue weighted by molar-refractivity contribution is 0.0944. The van der Waals surface area contributed by atoms with Crippen LogP contribution < -0.4 is 10.1 Å². The summed E-state index contributed by atoms with van der Waals surface area (Å²) in [4.78, 5) is 21.5. The van der Waals surface area contributed by atoms with Crippen molar-refractivity contribution in [2.75, 3.05) is 26.9 Å². The van der Waals surface area contributed by atoms with E-state index in [1.165, 1.54) is 0 Å². The highest BCUT2D eigenvalue weighted by molar-refractivity contribution is 7.98. The Bertz CT molecular complexity index is 1260. The highest BCUT2D eigenvalue weighted by Crippen LogP contribution is 2.28. The summed E-state index contributed by atoms with van der Waals surface area (Å²) in [6, 6.07) is 17.7. The molecule has 2 aromatic heterocycles. The number of carbonyl (C=O) groups excluding carboxylic acids is 1. The van der Waals surface area contributed by atoms with Crippen molar-refractivity contribution in [1.82, 2.24) is 19.9 Å². The molecule has 0 aliphatic heterocycles. The van der Waals surface area contributed by atoms with Crippen molar-refractivity contribution < 1.29 is 14.3 Å². The number of hydrogen-bond donors (Lipinski definition) is 1. The molecule has 1 amide bonds. The van der Waals surface area contributed by atoms with Gasteiger partial charge in [-0.3, -0.25) is 9.78 Å². The number of fused-ring (bicyclic) bond motifs is 1. The molecule has 0 atom stereocenters. The Morgan fingerprint density at radius 3 is 2.77 bits per heavy atom. The van der Waals surface area contributed by atoms with E-state index in [1.54, 1.807) is 25.1 Å². The maximum Gasteiger partial charge on any atom is 0.251 e. The summed E-state index contributed by atoms with van der Waals surface area (Å²) >= 11 is 1.67. The molecule has 0 unspecified atom stereocenters. The lowest BCUT2D eigenvalue weighted by Crippen LogP contribution is -2.25. The Labute approximate surface area is 209 Å². The Morgan fingerprint density at radius 1 is 1.11 bits per heavy atom. The molecule has 2 aromatic carbocycles. The van der Waals surface area contributed by atoms with E-state index in [4.69, 9.17) is 14.5 Å². The largest absolute Gasteiger partial charge is 0.497 e. The molecule has 0 fully saturated rings. The number of ether oxygens (including phenoxy) is 2. The van der Waals surface area contributed by atoms with Gasteiger partial charge in [-0.2, -0.15) is 0 Å². The molecule has 0 saturated carbocycles. The average molecular weight is 491 g/mol. The fourth-order valence-electron chi connectivity index (χ4n) is 3.69. The molecule has 8 heteroatoms. The number of carbonyl (C=O) groups is 1. The van der Waals surface area contributed by atoms with E-state index in [1.807, 2.05) is 61.7 Å². The van der Waals surface area contributed by atoms with Crippen molar-refractivity contribution in [3.05, 3.63) is 83.7 Å². The lowest BCUT2D eigenvalue weighted by Gasteiger charge is -2.10. The molecule has 0 bridgehead atoms. The first-order chi connectivity index (χ1) is 17.2. The second kappa shape index (κ2) is 12.4. The van der Waals surface area contributed by atoms with Crippen LogP contribution in [0.5, 0.6) is 5.75 Å². The lowest BCUT2D eigenvalue weighted by atomic mass is 10.1. The Balaban J connectivity index is 1.42. The van der Waals surface area contributed by atoms with E-state index in [2.05, 4.69) is 20.9 Å². The SMILES string of the molecule is CCOCCCNC(=O)c1ccc(CSc2nc3ccncc3n2Cc2cccc(OC)c2)cc1. The minimum absolute atomic E-state index is 0.0618. The predicted molar refractivity (Wildman–Crippen MR) is 139 cm³/mol. The van der Waals surface area contributed by atoms with Crippen LogP contribution in [-0.2, 0) is 17.0 Å². The zero-order valence-corrected chi connectivity index (χ0v) is 20.9. The van der Waals surface area contributed by atoms with Crippen molar-refractivity contribution >= 4 is 28.7 Å². The smallest absolute Gasteiger partial charge is 0.251 e. The average Bonchev–Trinajstić information content (AvgIpc) is 3.24. The van der Waals surface area contributed by atoms with Gasteiger partial charge < -0.3 is 19.4 Å². The van der Waals surface area contributed by atoms with Crippen molar-refractivity contribution in [3.63, 3.8) is 0 Å². The summed E-state index contributed by atoms with van der Waals surface area (Å²) in [5.74, 6) is 1.51. The first-order valence-corrected chi connectivity index (χ1v) is 12.7. The van der Waals surface area contributed by atoms with Crippen LogP contribution >= 0.6 is 11.8 Å². The van der Waals surface area contributed by atoms with Crippen LogP contribution in [0.25, 0.3) is 11.0 Å². The molecule has 0 aliphatic rings. The van der Waals surface area contributed by atoms with Crippen molar-refractivity contribution in [2.45, 2.75) is 30.8 Å². The highest BCUT2D eigenvalue weighted by Gasteiger charge is 2.13. The fourth-order valence-corrected chi connectivity index (χ4v) is 4.66. The molecular weight excluding hydrogens is 460 g/mol. The molecule has 1 N–H and O–H groups in total. The normalized spacial score (nSPS) is 11.0. The minimum Gasteiger partial charge on any atom is -0.497 e. The highest BCUT2D eigenvalue weighted by atomic mass is 32.2. The first kappa shape index (κ1) is 24.8. The second-order valence-corrected chi connectivity index (χ2v) is 8.93.